The van der Waals surface area contributed by atoms with Gasteiger partial charge in [0.25, 0.3) is 16.0 Å². The van der Waals surface area contributed by atoms with Gasteiger partial charge in [0.2, 0.25) is 0 Å². The third kappa shape index (κ3) is 4.12. The highest BCUT2D eigenvalue weighted by Gasteiger charge is 2.15. The summed E-state index contributed by atoms with van der Waals surface area (Å²) in [5, 5.41) is 4.56. The summed E-state index contributed by atoms with van der Waals surface area (Å²) in [5.41, 5.74) is 1.86. The molecule has 1 heterocycles. The largest absolute Gasteiger partial charge is 0.349 e. The second-order valence-electron chi connectivity index (χ2n) is 5.88. The van der Waals surface area contributed by atoms with Gasteiger partial charge in [0.05, 0.1) is 29.0 Å². The van der Waals surface area contributed by atoms with E-state index in [2.05, 4.69) is 10.3 Å². The molecule has 25 heavy (non-hydrogen) atoms. The molecule has 130 valence electrons. The molecule has 7 heteroatoms. The average Bonchev–Trinajstić information content (AvgIpc) is 2.55. The average molecular weight is 358 g/mol. The van der Waals surface area contributed by atoms with E-state index in [1.807, 2.05) is 36.4 Å². The Morgan fingerprint density at radius 1 is 1.16 bits per heavy atom. The van der Waals surface area contributed by atoms with Crippen molar-refractivity contribution >= 4 is 37.8 Å². The van der Waals surface area contributed by atoms with Gasteiger partial charge >= 0.3 is 0 Å². The normalized spacial score (nSPS) is 13.0. The number of fused-ring (bicyclic) bond motifs is 2. The maximum atomic E-state index is 12.5. The van der Waals surface area contributed by atoms with Crippen LogP contribution >= 0.6 is 0 Å². The lowest BCUT2D eigenvalue weighted by Crippen LogP contribution is -2.33. The maximum Gasteiger partial charge on any atom is 0.264 e. The molecule has 0 aliphatic carbocycles. The van der Waals surface area contributed by atoms with E-state index in [0.29, 0.717) is 11.1 Å². The molecule has 1 unspecified atom stereocenters. The van der Waals surface area contributed by atoms with E-state index < -0.39 is 16.2 Å². The van der Waals surface area contributed by atoms with E-state index in [1.165, 1.54) is 0 Å². The third-order valence-electron chi connectivity index (χ3n) is 3.68. The Hall–Kier alpha value is -2.51. The fourth-order valence-electron chi connectivity index (χ4n) is 2.65. The first-order chi connectivity index (χ1) is 11.8. The molecule has 0 aliphatic heterocycles. The quantitative estimate of drug-likeness (QED) is 0.559. The van der Waals surface area contributed by atoms with Gasteiger partial charge in [0, 0.05) is 17.3 Å². The van der Waals surface area contributed by atoms with Gasteiger partial charge in [0.1, 0.15) is 0 Å². The van der Waals surface area contributed by atoms with Crippen molar-refractivity contribution in [1.82, 2.24) is 10.3 Å². The Labute approximate surface area is 145 Å². The van der Waals surface area contributed by atoms with Crippen LogP contribution < -0.4 is 5.32 Å². The molecule has 3 aromatic rings. The molecule has 6 nitrogen and oxygen atoms in total. The second kappa shape index (κ2) is 6.78. The minimum atomic E-state index is -3.56. The molecule has 2 aromatic carbocycles. The molecule has 1 N–H and O–H groups in total. The summed E-state index contributed by atoms with van der Waals surface area (Å²) in [6.45, 7) is 1.66. The zero-order valence-corrected chi connectivity index (χ0v) is 14.7. The van der Waals surface area contributed by atoms with Crippen molar-refractivity contribution in [2.75, 3.05) is 12.8 Å². The highest BCUT2D eigenvalue weighted by molar-refractivity contribution is 7.86. The number of amides is 1. The number of hydrogen-bond acceptors (Lipinski definition) is 5. The number of carbonyl (C=O) groups is 1. The molecule has 0 fully saturated rings. The smallest absolute Gasteiger partial charge is 0.264 e. The van der Waals surface area contributed by atoms with Gasteiger partial charge in [-0.25, -0.2) is 4.98 Å². The lowest BCUT2D eigenvalue weighted by Gasteiger charge is -2.13. The molecular formula is C18H18N2O4S. The predicted molar refractivity (Wildman–Crippen MR) is 97.0 cm³/mol. The Balaban J connectivity index is 1.87. The Bertz CT molecular complexity index is 1050. The van der Waals surface area contributed by atoms with Gasteiger partial charge in [-0.1, -0.05) is 30.3 Å². The molecule has 0 saturated carbocycles. The van der Waals surface area contributed by atoms with Gasteiger partial charge in [-0.2, -0.15) is 8.42 Å². The van der Waals surface area contributed by atoms with Crippen molar-refractivity contribution < 1.29 is 17.4 Å². The molecule has 0 aliphatic rings. The second-order valence-corrected chi connectivity index (χ2v) is 7.48. The van der Waals surface area contributed by atoms with Crippen LogP contribution in [0.15, 0.2) is 48.5 Å². The number of para-hydroxylation sites is 2. The van der Waals surface area contributed by atoms with Crippen LogP contribution in [0.3, 0.4) is 0 Å². The van der Waals surface area contributed by atoms with Crippen LogP contribution in [0.1, 0.15) is 17.3 Å². The number of hydrogen-bond donors (Lipinski definition) is 1. The lowest BCUT2D eigenvalue weighted by atomic mass is 10.1. The van der Waals surface area contributed by atoms with Crippen LogP contribution in [-0.2, 0) is 14.3 Å². The number of nitrogens with zero attached hydrogens (tertiary/aromatic N) is 1. The standard InChI is InChI=1S/C18H18N2O4S/c1-12(24-25(2,22)23)11-19-18(21)15-8-5-7-14-10-13-6-3-4-9-16(13)20-17(14)15/h3-10,12H,11H2,1-2H3,(H,19,21). The number of pyridine rings is 1. The van der Waals surface area contributed by atoms with Gasteiger partial charge < -0.3 is 5.32 Å². The summed E-state index contributed by atoms with van der Waals surface area (Å²) < 4.78 is 27.0. The number of nitrogens with one attached hydrogen (secondary N) is 1. The molecule has 0 radical (unpaired) electrons. The molecule has 1 amide bonds. The number of carbonyl (C=O) groups excluding carboxylic acids is 1. The summed E-state index contributed by atoms with van der Waals surface area (Å²) >= 11 is 0. The summed E-state index contributed by atoms with van der Waals surface area (Å²) in [5.74, 6) is -0.322. The van der Waals surface area contributed by atoms with E-state index >= 15 is 0 Å². The van der Waals surface area contributed by atoms with Crippen molar-refractivity contribution in [3.63, 3.8) is 0 Å². The first kappa shape index (κ1) is 17.3. The summed E-state index contributed by atoms with van der Waals surface area (Å²) in [6.07, 6.45) is 0.327. The minimum Gasteiger partial charge on any atom is -0.349 e. The number of rotatable bonds is 5. The van der Waals surface area contributed by atoms with Crippen LogP contribution in [0, 0.1) is 0 Å². The highest BCUT2D eigenvalue weighted by atomic mass is 32.2. The first-order valence-corrected chi connectivity index (χ1v) is 9.60. The van der Waals surface area contributed by atoms with Crippen molar-refractivity contribution in [3.05, 3.63) is 54.1 Å². The summed E-state index contributed by atoms with van der Waals surface area (Å²) in [6, 6.07) is 15.1. The predicted octanol–water partition coefficient (Wildman–Crippen LogP) is 2.48. The molecule has 0 saturated heterocycles. The van der Waals surface area contributed by atoms with Crippen molar-refractivity contribution in [2.24, 2.45) is 0 Å². The molecule has 1 atom stereocenters. The van der Waals surface area contributed by atoms with Gasteiger partial charge in [-0.05, 0) is 25.1 Å². The summed E-state index contributed by atoms with van der Waals surface area (Å²) in [7, 11) is -3.56. The Kier molecular flexibility index (Phi) is 4.69. The highest BCUT2D eigenvalue weighted by Crippen LogP contribution is 2.22. The molecule has 3 rings (SSSR count). The molecule has 0 spiro atoms. The van der Waals surface area contributed by atoms with Gasteiger partial charge in [-0.15, -0.1) is 0 Å². The Morgan fingerprint density at radius 3 is 2.64 bits per heavy atom. The van der Waals surface area contributed by atoms with Crippen LogP contribution in [-0.4, -0.2) is 38.2 Å². The van der Waals surface area contributed by atoms with E-state index in [-0.39, 0.29) is 12.5 Å². The van der Waals surface area contributed by atoms with E-state index in [9.17, 15) is 13.2 Å². The van der Waals surface area contributed by atoms with Crippen LogP contribution in [0.25, 0.3) is 21.8 Å². The fourth-order valence-corrected chi connectivity index (χ4v) is 3.31. The summed E-state index contributed by atoms with van der Waals surface area (Å²) in [4.78, 5) is 17.1. The van der Waals surface area contributed by atoms with Crippen molar-refractivity contribution in [2.45, 2.75) is 13.0 Å². The fraction of sp³-hybridized carbons (Fsp3) is 0.222. The zero-order valence-electron chi connectivity index (χ0n) is 13.9. The lowest BCUT2D eigenvalue weighted by molar-refractivity contribution is 0.0935. The Morgan fingerprint density at radius 2 is 1.88 bits per heavy atom. The van der Waals surface area contributed by atoms with Crippen LogP contribution in [0.2, 0.25) is 0 Å². The molecule has 0 bridgehead atoms. The van der Waals surface area contributed by atoms with E-state index in [0.717, 1.165) is 22.5 Å². The zero-order chi connectivity index (χ0) is 18.0. The van der Waals surface area contributed by atoms with Gasteiger partial charge in [-0.3, -0.25) is 8.98 Å². The molecular weight excluding hydrogens is 340 g/mol. The monoisotopic (exact) mass is 358 g/mol. The molecule has 1 aromatic heterocycles. The topological polar surface area (TPSA) is 85.4 Å². The SMILES string of the molecule is CC(CNC(=O)c1cccc2cc3ccccc3nc12)OS(C)(=O)=O. The van der Waals surface area contributed by atoms with Gasteiger partial charge in [0.15, 0.2) is 0 Å². The number of aromatic nitrogens is 1. The van der Waals surface area contributed by atoms with Crippen molar-refractivity contribution in [1.29, 1.82) is 0 Å². The van der Waals surface area contributed by atoms with Crippen LogP contribution in [0.5, 0.6) is 0 Å². The maximum absolute atomic E-state index is 12.5. The van der Waals surface area contributed by atoms with Crippen molar-refractivity contribution in [3.8, 4) is 0 Å². The number of benzene rings is 2. The van der Waals surface area contributed by atoms with Crippen LogP contribution in [0.4, 0.5) is 0 Å². The third-order valence-corrected chi connectivity index (χ3v) is 4.36. The van der Waals surface area contributed by atoms with E-state index in [1.54, 1.807) is 19.1 Å². The van der Waals surface area contributed by atoms with E-state index in [4.69, 9.17) is 4.18 Å². The first-order valence-electron chi connectivity index (χ1n) is 7.78. The minimum absolute atomic E-state index is 0.0792.